The van der Waals surface area contributed by atoms with Gasteiger partial charge in [0.2, 0.25) is 0 Å². The lowest BCUT2D eigenvalue weighted by Gasteiger charge is -1.90. The van der Waals surface area contributed by atoms with Crippen LogP contribution in [0.4, 0.5) is 0 Å². The second-order valence-electron chi connectivity index (χ2n) is 3.18. The van der Waals surface area contributed by atoms with Gasteiger partial charge in [-0.15, -0.1) is 11.3 Å². The predicted octanol–water partition coefficient (Wildman–Crippen LogP) is 3.17. The van der Waals surface area contributed by atoms with E-state index < -0.39 is 0 Å². The number of hydrogen-bond donors (Lipinski definition) is 0. The lowest BCUT2D eigenvalue weighted by atomic mass is 10.2. The Morgan fingerprint density at radius 3 is 2.87 bits per heavy atom. The van der Waals surface area contributed by atoms with Crippen molar-refractivity contribution in [2.45, 2.75) is 20.3 Å². The van der Waals surface area contributed by atoms with E-state index in [1.54, 1.807) is 13.2 Å². The van der Waals surface area contributed by atoms with Crippen molar-refractivity contribution in [1.82, 2.24) is 4.98 Å². The van der Waals surface area contributed by atoms with Crippen LogP contribution in [0.5, 0.6) is 0 Å². The van der Waals surface area contributed by atoms with Crippen molar-refractivity contribution in [2.75, 3.05) is 0 Å². The van der Waals surface area contributed by atoms with Gasteiger partial charge in [0.1, 0.15) is 0 Å². The number of aromatic nitrogens is 1. The quantitative estimate of drug-likeness (QED) is 0.748. The maximum absolute atomic E-state index is 11.3. The van der Waals surface area contributed by atoms with E-state index in [0.29, 0.717) is 0 Å². The summed E-state index contributed by atoms with van der Waals surface area (Å²) in [5, 5.41) is 0.780. The van der Waals surface area contributed by atoms with Gasteiger partial charge in [0.15, 0.2) is 16.6 Å². The predicted molar refractivity (Wildman–Crippen MR) is 59.2 cm³/mol. The van der Waals surface area contributed by atoms with Gasteiger partial charge in [-0.3, -0.25) is 4.79 Å². The highest BCUT2D eigenvalue weighted by atomic mass is 32.1. The van der Waals surface area contributed by atoms with Gasteiger partial charge < -0.3 is 4.42 Å². The molecule has 0 unspecified atom stereocenters. The molecule has 0 aliphatic rings. The highest BCUT2D eigenvalue weighted by Gasteiger charge is 2.15. The van der Waals surface area contributed by atoms with E-state index >= 15 is 0 Å². The van der Waals surface area contributed by atoms with Crippen LogP contribution in [-0.2, 0) is 6.42 Å². The lowest BCUT2D eigenvalue weighted by Crippen LogP contribution is -1.93. The van der Waals surface area contributed by atoms with Crippen LogP contribution in [-0.4, -0.2) is 10.8 Å². The molecule has 3 nitrogen and oxygen atoms in total. The number of ketones is 1. The summed E-state index contributed by atoms with van der Waals surface area (Å²) in [7, 11) is 0. The lowest BCUT2D eigenvalue weighted by molar-refractivity contribution is 0.102. The van der Waals surface area contributed by atoms with Crippen LogP contribution in [0, 0.1) is 0 Å². The fourth-order valence-electron chi connectivity index (χ4n) is 1.37. The first-order chi connectivity index (χ1) is 7.22. The molecule has 2 aromatic rings. The van der Waals surface area contributed by atoms with Crippen LogP contribution in [0.15, 0.2) is 22.8 Å². The molecule has 2 heterocycles. The van der Waals surface area contributed by atoms with Crippen molar-refractivity contribution in [3.05, 3.63) is 29.0 Å². The SMILES string of the molecule is CCc1nc(-c2ccco2)sc1C(C)=O. The van der Waals surface area contributed by atoms with E-state index in [4.69, 9.17) is 4.42 Å². The Hall–Kier alpha value is -1.42. The molecule has 15 heavy (non-hydrogen) atoms. The molecule has 0 N–H and O–H groups in total. The first-order valence-electron chi connectivity index (χ1n) is 4.77. The molecule has 0 fully saturated rings. The molecule has 0 aliphatic carbocycles. The second-order valence-corrected chi connectivity index (χ2v) is 4.18. The summed E-state index contributed by atoms with van der Waals surface area (Å²) >= 11 is 1.40. The van der Waals surface area contributed by atoms with E-state index in [1.165, 1.54) is 11.3 Å². The average Bonchev–Trinajstić information content (AvgIpc) is 2.86. The van der Waals surface area contributed by atoms with E-state index in [1.807, 2.05) is 19.1 Å². The summed E-state index contributed by atoms with van der Waals surface area (Å²) in [6.45, 7) is 3.56. The molecule has 0 bridgehead atoms. The van der Waals surface area contributed by atoms with Crippen molar-refractivity contribution >= 4 is 17.1 Å². The number of hydrogen-bond acceptors (Lipinski definition) is 4. The maximum Gasteiger partial charge on any atom is 0.171 e. The number of aryl methyl sites for hydroxylation is 1. The Morgan fingerprint density at radius 2 is 2.40 bits per heavy atom. The van der Waals surface area contributed by atoms with Crippen LogP contribution < -0.4 is 0 Å². The van der Waals surface area contributed by atoms with Crippen LogP contribution in [0.25, 0.3) is 10.8 Å². The van der Waals surface area contributed by atoms with Crippen LogP contribution >= 0.6 is 11.3 Å². The zero-order valence-electron chi connectivity index (χ0n) is 8.61. The van der Waals surface area contributed by atoms with Gasteiger partial charge in [0, 0.05) is 6.92 Å². The molecule has 2 rings (SSSR count). The number of rotatable bonds is 3. The van der Waals surface area contributed by atoms with Gasteiger partial charge in [-0.05, 0) is 18.6 Å². The topological polar surface area (TPSA) is 43.1 Å². The summed E-state index contributed by atoms with van der Waals surface area (Å²) in [6, 6.07) is 3.66. The van der Waals surface area contributed by atoms with E-state index in [2.05, 4.69) is 4.98 Å². The highest BCUT2D eigenvalue weighted by molar-refractivity contribution is 7.17. The third-order valence-electron chi connectivity index (χ3n) is 2.08. The molecular weight excluding hydrogens is 210 g/mol. The van der Waals surface area contributed by atoms with Gasteiger partial charge in [0.05, 0.1) is 16.8 Å². The third-order valence-corrected chi connectivity index (χ3v) is 3.30. The minimum absolute atomic E-state index is 0.0714. The summed E-state index contributed by atoms with van der Waals surface area (Å²) < 4.78 is 5.25. The molecule has 0 atom stereocenters. The normalized spacial score (nSPS) is 10.5. The van der Waals surface area contributed by atoms with Crippen molar-refractivity contribution in [3.63, 3.8) is 0 Å². The zero-order chi connectivity index (χ0) is 10.8. The van der Waals surface area contributed by atoms with Crippen LogP contribution in [0.2, 0.25) is 0 Å². The van der Waals surface area contributed by atoms with E-state index in [-0.39, 0.29) is 5.78 Å². The molecule has 0 saturated heterocycles. The number of nitrogens with zero attached hydrogens (tertiary/aromatic N) is 1. The Balaban J connectivity index is 2.48. The molecule has 0 aromatic carbocycles. The highest BCUT2D eigenvalue weighted by Crippen LogP contribution is 2.28. The average molecular weight is 221 g/mol. The van der Waals surface area contributed by atoms with Crippen LogP contribution in [0.1, 0.15) is 29.2 Å². The molecule has 78 valence electrons. The molecule has 0 radical (unpaired) electrons. The first-order valence-corrected chi connectivity index (χ1v) is 5.58. The van der Waals surface area contributed by atoms with Gasteiger partial charge >= 0.3 is 0 Å². The van der Waals surface area contributed by atoms with E-state index in [9.17, 15) is 4.79 Å². The van der Waals surface area contributed by atoms with Crippen molar-refractivity contribution in [2.24, 2.45) is 0 Å². The Bertz CT molecular complexity index is 471. The van der Waals surface area contributed by atoms with Gasteiger partial charge in [-0.1, -0.05) is 6.92 Å². The van der Waals surface area contributed by atoms with Gasteiger partial charge in [0.25, 0.3) is 0 Å². The summed E-state index contributed by atoms with van der Waals surface area (Å²) in [6.07, 6.45) is 2.38. The molecule has 0 amide bonds. The number of carbonyl (C=O) groups is 1. The smallest absolute Gasteiger partial charge is 0.171 e. The zero-order valence-corrected chi connectivity index (χ0v) is 9.43. The number of thiazole rings is 1. The Morgan fingerprint density at radius 1 is 1.60 bits per heavy atom. The minimum Gasteiger partial charge on any atom is -0.462 e. The molecular formula is C11H11NO2S. The fraction of sp³-hybridized carbons (Fsp3) is 0.273. The monoisotopic (exact) mass is 221 g/mol. The molecule has 0 saturated carbocycles. The summed E-state index contributed by atoms with van der Waals surface area (Å²) in [5.74, 6) is 0.796. The summed E-state index contributed by atoms with van der Waals surface area (Å²) in [5.41, 5.74) is 0.860. The fourth-order valence-corrected chi connectivity index (χ4v) is 2.39. The van der Waals surface area contributed by atoms with Gasteiger partial charge in [-0.25, -0.2) is 4.98 Å². The Labute approximate surface area is 91.8 Å². The van der Waals surface area contributed by atoms with E-state index in [0.717, 1.165) is 27.8 Å². The minimum atomic E-state index is 0.0714. The molecule has 0 aliphatic heterocycles. The standard InChI is InChI=1S/C11H11NO2S/c1-3-8-10(7(2)13)15-11(12-8)9-5-4-6-14-9/h4-6H,3H2,1-2H3. The largest absolute Gasteiger partial charge is 0.462 e. The Kier molecular flexibility index (Phi) is 2.68. The van der Waals surface area contributed by atoms with Crippen molar-refractivity contribution in [1.29, 1.82) is 0 Å². The molecule has 0 spiro atoms. The van der Waals surface area contributed by atoms with Crippen molar-refractivity contribution < 1.29 is 9.21 Å². The second kappa shape index (κ2) is 3.98. The first kappa shape index (κ1) is 10.1. The number of furan rings is 1. The van der Waals surface area contributed by atoms with Crippen molar-refractivity contribution in [3.8, 4) is 10.8 Å². The number of Topliss-reactive ketones (excluding diaryl/α,β-unsaturated/α-hetero) is 1. The van der Waals surface area contributed by atoms with Gasteiger partial charge in [-0.2, -0.15) is 0 Å². The molecule has 2 aromatic heterocycles. The third kappa shape index (κ3) is 1.85. The molecule has 4 heteroatoms. The summed E-state index contributed by atoms with van der Waals surface area (Å²) in [4.78, 5) is 16.5. The maximum atomic E-state index is 11.3. The number of carbonyl (C=O) groups excluding carboxylic acids is 1. The van der Waals surface area contributed by atoms with Crippen LogP contribution in [0.3, 0.4) is 0 Å².